The number of amides is 1. The van der Waals surface area contributed by atoms with Crippen molar-refractivity contribution in [2.75, 3.05) is 13.1 Å². The third-order valence-corrected chi connectivity index (χ3v) is 8.87. The van der Waals surface area contributed by atoms with Gasteiger partial charge in [0.15, 0.2) is 0 Å². The molecule has 3 heterocycles. The van der Waals surface area contributed by atoms with Gasteiger partial charge in [-0.3, -0.25) is 9.78 Å². The van der Waals surface area contributed by atoms with Gasteiger partial charge in [0, 0.05) is 24.7 Å². The summed E-state index contributed by atoms with van der Waals surface area (Å²) in [5.41, 5.74) is 3.05. The number of fused-ring (bicyclic) bond motifs is 1. The van der Waals surface area contributed by atoms with E-state index in [1.165, 1.54) is 0 Å². The van der Waals surface area contributed by atoms with Gasteiger partial charge in [-0.1, -0.05) is 43.3 Å². The number of aromatic nitrogens is 2. The lowest BCUT2D eigenvalue weighted by molar-refractivity contribution is 0.0941. The van der Waals surface area contributed by atoms with Crippen LogP contribution in [0.2, 0.25) is 0 Å². The molecular weight excluding hydrogens is 484 g/mol. The highest BCUT2D eigenvalue weighted by Crippen LogP contribution is 2.29. The first-order valence-electron chi connectivity index (χ1n) is 12.5. The molecule has 1 saturated heterocycles. The number of sulfonamides is 1. The number of pyridine rings is 2. The monoisotopic (exact) mass is 514 g/mol. The molecule has 1 aliphatic heterocycles. The van der Waals surface area contributed by atoms with E-state index in [0.29, 0.717) is 46.9 Å². The standard InChI is InChI=1S/C29H30N4O3S/c1-20-13-16-33(17-14-20)37(35,36)23-11-12-26-24(18-23)25(19-28(32-26)27-10-6-7-15-30-27)29(34)31-21(2)22-8-4-3-5-9-22/h3-12,15,18-21H,13-14,16-17H2,1-2H3,(H,31,34)/t21-/m0/s1. The second-order valence-corrected chi connectivity index (χ2v) is 11.6. The van der Waals surface area contributed by atoms with E-state index in [-0.39, 0.29) is 16.8 Å². The minimum atomic E-state index is -3.69. The molecule has 4 aromatic rings. The zero-order valence-corrected chi connectivity index (χ0v) is 21.8. The highest BCUT2D eigenvalue weighted by molar-refractivity contribution is 7.89. The van der Waals surface area contributed by atoms with Gasteiger partial charge < -0.3 is 5.32 Å². The fourth-order valence-electron chi connectivity index (χ4n) is 4.67. The lowest BCUT2D eigenvalue weighted by Gasteiger charge is -2.29. The summed E-state index contributed by atoms with van der Waals surface area (Å²) in [6, 6.07) is 21.5. The maximum absolute atomic E-state index is 13.6. The van der Waals surface area contributed by atoms with Crippen molar-refractivity contribution >= 4 is 26.8 Å². The van der Waals surface area contributed by atoms with Crippen molar-refractivity contribution < 1.29 is 13.2 Å². The molecule has 0 radical (unpaired) electrons. The summed E-state index contributed by atoms with van der Waals surface area (Å²) in [6.07, 6.45) is 3.35. The summed E-state index contributed by atoms with van der Waals surface area (Å²) in [4.78, 5) is 22.9. The largest absolute Gasteiger partial charge is 0.345 e. The molecule has 8 heteroatoms. The molecule has 1 atom stereocenters. The molecule has 0 aliphatic carbocycles. The van der Waals surface area contributed by atoms with Gasteiger partial charge in [-0.2, -0.15) is 4.31 Å². The maximum atomic E-state index is 13.6. The van der Waals surface area contributed by atoms with Crippen LogP contribution in [0.25, 0.3) is 22.3 Å². The Bertz CT molecular complexity index is 1520. The number of benzene rings is 2. The van der Waals surface area contributed by atoms with E-state index in [2.05, 4.69) is 17.2 Å². The number of carbonyl (C=O) groups is 1. The molecular formula is C29H30N4O3S. The number of hydrogen-bond donors (Lipinski definition) is 1. The zero-order valence-electron chi connectivity index (χ0n) is 21.0. The van der Waals surface area contributed by atoms with E-state index in [0.717, 1.165) is 18.4 Å². The third-order valence-electron chi connectivity index (χ3n) is 6.98. The van der Waals surface area contributed by atoms with Gasteiger partial charge in [-0.25, -0.2) is 13.4 Å². The van der Waals surface area contributed by atoms with Crippen LogP contribution in [0.1, 0.15) is 48.7 Å². The van der Waals surface area contributed by atoms with Gasteiger partial charge in [-0.15, -0.1) is 0 Å². The Hall–Kier alpha value is -3.62. The number of rotatable bonds is 6. The third kappa shape index (κ3) is 5.26. The van der Waals surface area contributed by atoms with Gasteiger partial charge >= 0.3 is 0 Å². The van der Waals surface area contributed by atoms with E-state index in [4.69, 9.17) is 4.98 Å². The van der Waals surface area contributed by atoms with Crippen LogP contribution in [0.15, 0.2) is 83.9 Å². The first-order valence-corrected chi connectivity index (χ1v) is 14.0. The Morgan fingerprint density at radius 2 is 1.70 bits per heavy atom. The first kappa shape index (κ1) is 25.0. The molecule has 0 spiro atoms. The van der Waals surface area contributed by atoms with Crippen LogP contribution in [0, 0.1) is 5.92 Å². The van der Waals surface area contributed by atoms with Gasteiger partial charge in [0.1, 0.15) is 0 Å². The molecule has 5 rings (SSSR count). The minimum Gasteiger partial charge on any atom is -0.345 e. The summed E-state index contributed by atoms with van der Waals surface area (Å²) >= 11 is 0. The van der Waals surface area contributed by atoms with Crippen LogP contribution in [-0.2, 0) is 10.0 Å². The summed E-state index contributed by atoms with van der Waals surface area (Å²) in [5.74, 6) is 0.210. The van der Waals surface area contributed by atoms with Crippen LogP contribution >= 0.6 is 0 Å². The molecule has 2 aromatic heterocycles. The van der Waals surface area contributed by atoms with E-state index >= 15 is 0 Å². The van der Waals surface area contributed by atoms with E-state index < -0.39 is 10.0 Å². The molecule has 1 fully saturated rings. The average molecular weight is 515 g/mol. The summed E-state index contributed by atoms with van der Waals surface area (Å²) < 4.78 is 28.5. The van der Waals surface area contributed by atoms with Gasteiger partial charge in [0.25, 0.3) is 5.91 Å². The van der Waals surface area contributed by atoms with Crippen LogP contribution in [-0.4, -0.2) is 41.7 Å². The summed E-state index contributed by atoms with van der Waals surface area (Å²) in [7, 11) is -3.69. The molecule has 2 aromatic carbocycles. The number of hydrogen-bond acceptors (Lipinski definition) is 5. The number of nitrogens with one attached hydrogen (secondary N) is 1. The number of nitrogens with zero attached hydrogens (tertiary/aromatic N) is 3. The fraction of sp³-hybridized carbons (Fsp3) is 0.276. The number of carbonyl (C=O) groups excluding carboxylic acids is 1. The quantitative estimate of drug-likeness (QED) is 0.381. The predicted molar refractivity (Wildman–Crippen MR) is 144 cm³/mol. The van der Waals surface area contributed by atoms with E-state index in [1.807, 2.05) is 55.5 Å². The van der Waals surface area contributed by atoms with Crippen molar-refractivity contribution in [1.82, 2.24) is 19.6 Å². The van der Waals surface area contributed by atoms with Crippen molar-refractivity contribution in [3.8, 4) is 11.4 Å². The second kappa shape index (κ2) is 10.4. The molecule has 1 amide bonds. The topological polar surface area (TPSA) is 92.3 Å². The van der Waals surface area contributed by atoms with Gasteiger partial charge in [0.05, 0.1) is 33.4 Å². The van der Waals surface area contributed by atoms with Crippen molar-refractivity contribution in [3.05, 3.63) is 90.1 Å². The Morgan fingerprint density at radius 3 is 2.41 bits per heavy atom. The van der Waals surface area contributed by atoms with Crippen molar-refractivity contribution in [2.24, 2.45) is 5.92 Å². The van der Waals surface area contributed by atoms with Gasteiger partial charge in [0.2, 0.25) is 10.0 Å². The van der Waals surface area contributed by atoms with Gasteiger partial charge in [-0.05, 0) is 67.6 Å². The minimum absolute atomic E-state index is 0.173. The SMILES string of the molecule is CC1CCN(S(=O)(=O)c2ccc3nc(-c4ccccn4)cc(C(=O)N[C@@H](C)c4ccccc4)c3c2)CC1. The van der Waals surface area contributed by atoms with Crippen LogP contribution < -0.4 is 5.32 Å². The van der Waals surface area contributed by atoms with Crippen LogP contribution in [0.5, 0.6) is 0 Å². The Labute approximate surface area is 217 Å². The van der Waals surface area contributed by atoms with Crippen LogP contribution in [0.3, 0.4) is 0 Å². The molecule has 0 saturated carbocycles. The lowest BCUT2D eigenvalue weighted by Crippen LogP contribution is -2.37. The lowest BCUT2D eigenvalue weighted by atomic mass is 10.0. The Balaban J connectivity index is 1.58. The number of piperidine rings is 1. The zero-order chi connectivity index (χ0) is 26.0. The normalized spacial score (nSPS) is 15.9. The average Bonchev–Trinajstić information content (AvgIpc) is 2.93. The molecule has 7 nitrogen and oxygen atoms in total. The Kier molecular flexibility index (Phi) is 7.04. The highest BCUT2D eigenvalue weighted by Gasteiger charge is 2.29. The fourth-order valence-corrected chi connectivity index (χ4v) is 6.17. The molecule has 190 valence electrons. The van der Waals surface area contributed by atoms with Crippen molar-refractivity contribution in [1.29, 1.82) is 0 Å². The molecule has 1 aliphatic rings. The molecule has 1 N–H and O–H groups in total. The second-order valence-electron chi connectivity index (χ2n) is 9.64. The molecule has 37 heavy (non-hydrogen) atoms. The van der Waals surface area contributed by atoms with Crippen LogP contribution in [0.4, 0.5) is 0 Å². The summed E-state index contributed by atoms with van der Waals surface area (Å²) in [5, 5.41) is 3.55. The summed E-state index contributed by atoms with van der Waals surface area (Å²) in [6.45, 7) is 5.07. The first-order chi connectivity index (χ1) is 17.8. The maximum Gasteiger partial charge on any atom is 0.252 e. The van der Waals surface area contributed by atoms with E-state index in [9.17, 15) is 13.2 Å². The Morgan fingerprint density at radius 1 is 0.973 bits per heavy atom. The smallest absolute Gasteiger partial charge is 0.252 e. The van der Waals surface area contributed by atoms with Crippen molar-refractivity contribution in [2.45, 2.75) is 37.6 Å². The van der Waals surface area contributed by atoms with E-state index in [1.54, 1.807) is 34.8 Å². The molecule has 0 unspecified atom stereocenters. The highest BCUT2D eigenvalue weighted by atomic mass is 32.2. The van der Waals surface area contributed by atoms with Crippen molar-refractivity contribution in [3.63, 3.8) is 0 Å². The molecule has 0 bridgehead atoms. The predicted octanol–water partition coefficient (Wildman–Crippen LogP) is 5.21.